The number of amides is 1. The molecule has 0 saturated carbocycles. The third-order valence-corrected chi connectivity index (χ3v) is 2.72. The van der Waals surface area contributed by atoms with Gasteiger partial charge in [-0.1, -0.05) is 30.3 Å². The van der Waals surface area contributed by atoms with Crippen molar-refractivity contribution in [3.8, 4) is 11.4 Å². The number of carbonyl (C=O) groups is 1. The molecule has 0 unspecified atom stereocenters. The number of benzene rings is 1. The number of nitrogens with two attached hydrogens (primary N) is 1. The van der Waals surface area contributed by atoms with Crippen LogP contribution in [0.1, 0.15) is 12.8 Å². The summed E-state index contributed by atoms with van der Waals surface area (Å²) < 4.78 is 0. The second-order valence-electron chi connectivity index (χ2n) is 4.36. The van der Waals surface area contributed by atoms with Crippen LogP contribution in [-0.4, -0.2) is 39.2 Å². The predicted molar refractivity (Wildman–Crippen MR) is 81.8 cm³/mol. The maximum Gasteiger partial charge on any atom is 0.243 e. The van der Waals surface area contributed by atoms with Crippen molar-refractivity contribution in [1.29, 1.82) is 0 Å². The van der Waals surface area contributed by atoms with E-state index in [1.54, 1.807) is 0 Å². The molecule has 0 spiro atoms. The second-order valence-corrected chi connectivity index (χ2v) is 4.36. The molecule has 0 aliphatic rings. The second kappa shape index (κ2) is 9.04. The minimum absolute atomic E-state index is 0. The number of aromatic nitrogens is 4. The van der Waals surface area contributed by atoms with Crippen LogP contribution in [0.4, 0.5) is 0 Å². The van der Waals surface area contributed by atoms with Gasteiger partial charge in [0.15, 0.2) is 0 Å². The van der Waals surface area contributed by atoms with Crippen molar-refractivity contribution in [2.75, 3.05) is 13.1 Å². The number of halogens is 1. The molecule has 1 aromatic heterocycles. The van der Waals surface area contributed by atoms with Gasteiger partial charge in [-0.25, -0.2) is 0 Å². The zero-order chi connectivity index (χ0) is 14.2. The van der Waals surface area contributed by atoms with Crippen LogP contribution in [0.5, 0.6) is 0 Å². The first kappa shape index (κ1) is 17.1. The Morgan fingerprint density at radius 3 is 2.71 bits per heavy atom. The molecule has 1 aromatic carbocycles. The summed E-state index contributed by atoms with van der Waals surface area (Å²) in [6, 6.07) is 9.52. The third-order valence-electron chi connectivity index (χ3n) is 2.72. The Balaban J connectivity index is 0.00000220. The monoisotopic (exact) mass is 310 g/mol. The molecule has 0 aliphatic carbocycles. The van der Waals surface area contributed by atoms with Crippen LogP contribution in [0.2, 0.25) is 0 Å². The third kappa shape index (κ3) is 5.49. The van der Waals surface area contributed by atoms with Crippen molar-refractivity contribution in [1.82, 2.24) is 25.5 Å². The van der Waals surface area contributed by atoms with Gasteiger partial charge in [0, 0.05) is 12.1 Å². The summed E-state index contributed by atoms with van der Waals surface area (Å²) in [6.07, 6.45) is 1.78. The highest BCUT2D eigenvalue weighted by molar-refractivity contribution is 5.85. The van der Waals surface area contributed by atoms with Crippen LogP contribution in [-0.2, 0) is 11.3 Å². The maximum absolute atomic E-state index is 11.7. The van der Waals surface area contributed by atoms with Crippen LogP contribution < -0.4 is 11.1 Å². The summed E-state index contributed by atoms with van der Waals surface area (Å²) in [4.78, 5) is 12.9. The van der Waals surface area contributed by atoms with Gasteiger partial charge >= 0.3 is 0 Å². The van der Waals surface area contributed by atoms with Crippen LogP contribution in [0.25, 0.3) is 11.4 Å². The number of tetrazole rings is 1. The van der Waals surface area contributed by atoms with Crippen molar-refractivity contribution in [2.45, 2.75) is 19.4 Å². The Labute approximate surface area is 129 Å². The Morgan fingerprint density at radius 1 is 1.24 bits per heavy atom. The molecule has 0 radical (unpaired) electrons. The average molecular weight is 311 g/mol. The molecule has 1 heterocycles. The Bertz CT molecular complexity index is 545. The highest BCUT2D eigenvalue weighted by atomic mass is 35.5. The van der Waals surface area contributed by atoms with E-state index in [1.807, 2.05) is 30.3 Å². The van der Waals surface area contributed by atoms with Gasteiger partial charge in [0.1, 0.15) is 6.54 Å². The predicted octanol–water partition coefficient (Wildman–Crippen LogP) is 0.617. The molecular weight excluding hydrogens is 292 g/mol. The zero-order valence-electron chi connectivity index (χ0n) is 11.6. The molecular formula is C13H19ClN6O. The summed E-state index contributed by atoms with van der Waals surface area (Å²) in [7, 11) is 0. The lowest BCUT2D eigenvalue weighted by molar-refractivity contribution is -0.122. The molecule has 0 saturated heterocycles. The van der Waals surface area contributed by atoms with Crippen molar-refractivity contribution in [2.24, 2.45) is 5.73 Å². The summed E-state index contributed by atoms with van der Waals surface area (Å²) in [5.41, 5.74) is 6.26. The smallest absolute Gasteiger partial charge is 0.243 e. The SMILES string of the molecule is Cl.NCCCCNC(=O)Cn1nnc(-c2ccccc2)n1. The fourth-order valence-electron chi connectivity index (χ4n) is 1.69. The van der Waals surface area contributed by atoms with Gasteiger partial charge in [-0.05, 0) is 24.6 Å². The van der Waals surface area contributed by atoms with Crippen molar-refractivity contribution < 1.29 is 4.79 Å². The van der Waals surface area contributed by atoms with Crippen LogP contribution in [0.15, 0.2) is 30.3 Å². The van der Waals surface area contributed by atoms with Gasteiger partial charge in [-0.2, -0.15) is 4.80 Å². The number of hydrogen-bond donors (Lipinski definition) is 2. The van der Waals surface area contributed by atoms with E-state index in [9.17, 15) is 4.79 Å². The lowest BCUT2D eigenvalue weighted by Crippen LogP contribution is -2.29. The summed E-state index contributed by atoms with van der Waals surface area (Å²) in [5, 5.41) is 14.8. The first-order chi connectivity index (χ1) is 9.79. The molecule has 0 fully saturated rings. The number of nitrogens with zero attached hydrogens (tertiary/aromatic N) is 4. The number of carbonyl (C=O) groups excluding carboxylic acids is 1. The quantitative estimate of drug-likeness (QED) is 0.730. The first-order valence-electron chi connectivity index (χ1n) is 6.59. The van der Waals surface area contributed by atoms with E-state index in [0.717, 1.165) is 18.4 Å². The Morgan fingerprint density at radius 2 is 2.00 bits per heavy atom. The molecule has 2 aromatic rings. The number of rotatable bonds is 7. The fourth-order valence-corrected chi connectivity index (χ4v) is 1.69. The van der Waals surface area contributed by atoms with E-state index in [1.165, 1.54) is 4.80 Å². The lowest BCUT2D eigenvalue weighted by atomic mass is 10.2. The van der Waals surface area contributed by atoms with E-state index in [2.05, 4.69) is 20.7 Å². The van der Waals surface area contributed by atoms with Gasteiger partial charge in [-0.3, -0.25) is 4.79 Å². The number of hydrogen-bond acceptors (Lipinski definition) is 5. The molecule has 7 nitrogen and oxygen atoms in total. The largest absolute Gasteiger partial charge is 0.354 e. The van der Waals surface area contributed by atoms with Crippen molar-refractivity contribution in [3.05, 3.63) is 30.3 Å². The molecule has 2 rings (SSSR count). The van der Waals surface area contributed by atoms with E-state index < -0.39 is 0 Å². The normalized spacial score (nSPS) is 9.95. The van der Waals surface area contributed by atoms with Crippen LogP contribution in [0.3, 0.4) is 0 Å². The molecule has 0 atom stereocenters. The van der Waals surface area contributed by atoms with Crippen LogP contribution in [0, 0.1) is 0 Å². The van der Waals surface area contributed by atoms with Crippen LogP contribution >= 0.6 is 12.4 Å². The van der Waals surface area contributed by atoms with Crippen molar-refractivity contribution >= 4 is 18.3 Å². The van der Waals surface area contributed by atoms with Gasteiger partial charge in [0.2, 0.25) is 11.7 Å². The lowest BCUT2D eigenvalue weighted by Gasteiger charge is -2.03. The van der Waals surface area contributed by atoms with Gasteiger partial charge in [-0.15, -0.1) is 22.6 Å². The maximum atomic E-state index is 11.7. The van der Waals surface area contributed by atoms with Crippen molar-refractivity contribution in [3.63, 3.8) is 0 Å². The summed E-state index contributed by atoms with van der Waals surface area (Å²) in [6.45, 7) is 1.33. The standard InChI is InChI=1S/C13H18N6O.ClH/c14-8-4-5-9-15-12(20)10-19-17-13(16-18-19)11-6-2-1-3-7-11;/h1-3,6-7H,4-5,8-10,14H2,(H,15,20);1H. The zero-order valence-corrected chi connectivity index (χ0v) is 12.4. The van der Waals surface area contributed by atoms with Gasteiger partial charge in [0.25, 0.3) is 0 Å². The van der Waals surface area contributed by atoms with E-state index in [4.69, 9.17) is 5.73 Å². The minimum atomic E-state index is -0.126. The molecule has 21 heavy (non-hydrogen) atoms. The summed E-state index contributed by atoms with van der Waals surface area (Å²) >= 11 is 0. The minimum Gasteiger partial charge on any atom is -0.354 e. The average Bonchev–Trinajstić information content (AvgIpc) is 2.93. The van der Waals surface area contributed by atoms with Gasteiger partial charge < -0.3 is 11.1 Å². The molecule has 8 heteroatoms. The Kier molecular flexibility index (Phi) is 7.34. The van der Waals surface area contributed by atoms with E-state index in [0.29, 0.717) is 18.9 Å². The van der Waals surface area contributed by atoms with E-state index in [-0.39, 0.29) is 24.9 Å². The number of nitrogens with one attached hydrogen (secondary N) is 1. The number of unbranched alkanes of at least 4 members (excludes halogenated alkanes) is 1. The molecule has 3 N–H and O–H groups in total. The topological polar surface area (TPSA) is 98.7 Å². The first-order valence-corrected chi connectivity index (χ1v) is 6.59. The van der Waals surface area contributed by atoms with E-state index >= 15 is 0 Å². The summed E-state index contributed by atoms with van der Waals surface area (Å²) in [5.74, 6) is 0.389. The molecule has 1 amide bonds. The molecule has 0 aliphatic heterocycles. The van der Waals surface area contributed by atoms with Gasteiger partial charge in [0.05, 0.1) is 0 Å². The Hall–Kier alpha value is -1.99. The fraction of sp³-hybridized carbons (Fsp3) is 0.385. The highest BCUT2D eigenvalue weighted by Crippen LogP contribution is 2.11. The molecule has 0 bridgehead atoms. The highest BCUT2D eigenvalue weighted by Gasteiger charge is 2.08. The molecule has 114 valence electrons.